The zero-order valence-corrected chi connectivity index (χ0v) is 23.2. The number of rotatable bonds is 14. The number of aryl methyl sites for hydroxylation is 2. The van der Waals surface area contributed by atoms with Gasteiger partial charge in [0, 0.05) is 11.8 Å². The topological polar surface area (TPSA) is 93.9 Å². The average Bonchev–Trinajstić information content (AvgIpc) is 2.89. The monoisotopic (exact) mass is 493 g/mol. The highest BCUT2D eigenvalue weighted by atomic mass is 16.5. The summed E-state index contributed by atoms with van der Waals surface area (Å²) in [7, 11) is 0. The Balaban J connectivity index is 2.25. The molecule has 36 heavy (non-hydrogen) atoms. The van der Waals surface area contributed by atoms with Crippen molar-refractivity contribution < 1.29 is 9.84 Å². The van der Waals surface area contributed by atoms with E-state index in [9.17, 15) is 5.11 Å². The van der Waals surface area contributed by atoms with E-state index in [-0.39, 0.29) is 5.41 Å². The highest BCUT2D eigenvalue weighted by Crippen LogP contribution is 2.41. The molecule has 5 N–H and O–H groups in total. The van der Waals surface area contributed by atoms with Crippen molar-refractivity contribution in [3.8, 4) is 5.75 Å². The van der Waals surface area contributed by atoms with Crippen molar-refractivity contribution in [1.29, 1.82) is 0 Å². The lowest BCUT2D eigenvalue weighted by atomic mass is 9.70. The molecule has 2 rings (SSSR count). The van der Waals surface area contributed by atoms with Crippen LogP contribution in [0.3, 0.4) is 0 Å². The maximum Gasteiger partial charge on any atom is 0.122 e. The lowest BCUT2D eigenvalue weighted by Crippen LogP contribution is -2.26. The van der Waals surface area contributed by atoms with E-state index in [1.54, 1.807) is 0 Å². The van der Waals surface area contributed by atoms with Crippen molar-refractivity contribution in [2.75, 3.05) is 6.61 Å². The maximum atomic E-state index is 10.6. The van der Waals surface area contributed by atoms with Gasteiger partial charge in [0.2, 0.25) is 0 Å². The third kappa shape index (κ3) is 7.13. The van der Waals surface area contributed by atoms with Crippen LogP contribution in [-0.4, -0.2) is 23.2 Å². The van der Waals surface area contributed by atoms with Crippen molar-refractivity contribution in [2.45, 2.75) is 97.5 Å². The van der Waals surface area contributed by atoms with Gasteiger partial charge in [0.1, 0.15) is 11.6 Å². The second-order valence-electron chi connectivity index (χ2n) is 9.91. The lowest BCUT2D eigenvalue weighted by molar-refractivity contribution is 0.0836. The fourth-order valence-corrected chi connectivity index (χ4v) is 4.89. The van der Waals surface area contributed by atoms with Gasteiger partial charge in [0.05, 0.1) is 12.2 Å². The van der Waals surface area contributed by atoms with Gasteiger partial charge in [-0.15, -0.1) is 0 Å². The van der Waals surface area contributed by atoms with Crippen LogP contribution in [0.4, 0.5) is 0 Å². The molecule has 0 saturated carbocycles. The number of unbranched alkanes of at least 4 members (excludes halogenated alkanes) is 1. The highest BCUT2D eigenvalue weighted by molar-refractivity contribution is 5.79. The number of benzene rings is 2. The van der Waals surface area contributed by atoms with Crippen LogP contribution in [-0.2, 0) is 5.41 Å². The second kappa shape index (κ2) is 13.5. The number of hydrazone groups is 1. The van der Waals surface area contributed by atoms with Crippen LogP contribution >= 0.6 is 0 Å². The Morgan fingerprint density at radius 3 is 2.06 bits per heavy atom. The summed E-state index contributed by atoms with van der Waals surface area (Å²) < 4.78 is 6.06. The number of nitrogens with two attached hydrogens (primary N) is 2. The largest absolute Gasteiger partial charge is 0.493 e. The molecule has 0 saturated heterocycles. The fourth-order valence-electron chi connectivity index (χ4n) is 4.89. The average molecular weight is 494 g/mol. The van der Waals surface area contributed by atoms with Crippen LogP contribution in [0.15, 0.2) is 47.6 Å². The molecule has 0 aliphatic heterocycles. The molecule has 0 bridgehead atoms. The zero-order chi connectivity index (χ0) is 26.8. The van der Waals surface area contributed by atoms with E-state index in [2.05, 4.69) is 75.3 Å². The number of ether oxygens (including phenoxy) is 1. The van der Waals surface area contributed by atoms with E-state index in [0.717, 1.165) is 42.6 Å². The third-order valence-electron chi connectivity index (χ3n) is 7.81. The molecule has 198 valence electrons. The molecule has 0 fully saturated rings. The molecule has 0 amide bonds. The Hall–Kier alpha value is -2.79. The van der Waals surface area contributed by atoms with Crippen molar-refractivity contribution in [1.82, 2.24) is 0 Å². The summed E-state index contributed by atoms with van der Waals surface area (Å²) in [5.41, 5.74) is 11.0. The van der Waals surface area contributed by atoms with Crippen molar-refractivity contribution >= 4 is 11.9 Å². The summed E-state index contributed by atoms with van der Waals surface area (Å²) in [6, 6.07) is 13.4. The van der Waals surface area contributed by atoms with E-state index in [1.165, 1.54) is 16.7 Å². The Labute approximate surface area is 218 Å². The van der Waals surface area contributed by atoms with Gasteiger partial charge in [-0.2, -0.15) is 5.10 Å². The van der Waals surface area contributed by atoms with Gasteiger partial charge >= 0.3 is 0 Å². The summed E-state index contributed by atoms with van der Waals surface area (Å²) in [6.45, 7) is 13.5. The normalized spacial score (nSPS) is 12.9. The van der Waals surface area contributed by atoms with Crippen LogP contribution < -0.4 is 16.3 Å². The van der Waals surface area contributed by atoms with E-state index in [4.69, 9.17) is 16.3 Å². The first-order chi connectivity index (χ1) is 17.2. The first-order valence-electron chi connectivity index (χ1n) is 13.5. The molecule has 0 spiro atoms. The van der Waals surface area contributed by atoms with Crippen LogP contribution in [0.5, 0.6) is 5.75 Å². The molecule has 5 nitrogen and oxygen atoms in total. The molecule has 5 heteroatoms. The Morgan fingerprint density at radius 1 is 0.917 bits per heavy atom. The molecule has 2 aromatic rings. The predicted molar refractivity (Wildman–Crippen MR) is 153 cm³/mol. The Kier molecular flexibility index (Phi) is 11.0. The molecule has 0 aliphatic carbocycles. The summed E-state index contributed by atoms with van der Waals surface area (Å²) in [5, 5.41) is 14.1. The molecule has 0 atom stereocenters. The van der Waals surface area contributed by atoms with Gasteiger partial charge < -0.3 is 21.4 Å². The van der Waals surface area contributed by atoms with Gasteiger partial charge in [0.15, 0.2) is 0 Å². The van der Waals surface area contributed by atoms with Crippen LogP contribution in [0, 0.1) is 13.8 Å². The predicted octanol–water partition coefficient (Wildman–Crippen LogP) is 6.75. The first kappa shape index (κ1) is 29.4. The Morgan fingerprint density at radius 2 is 1.53 bits per heavy atom. The number of aliphatic hydroxyl groups is 1. The van der Waals surface area contributed by atoms with Crippen molar-refractivity contribution in [2.24, 2.45) is 16.7 Å². The molecule has 0 radical (unpaired) electrons. The van der Waals surface area contributed by atoms with Crippen LogP contribution in [0.1, 0.15) is 100 Å². The van der Waals surface area contributed by atoms with Crippen molar-refractivity contribution in [3.63, 3.8) is 0 Å². The van der Waals surface area contributed by atoms with E-state index < -0.39 is 5.60 Å². The SMILES string of the molecule is CCC(O)(/C=C/c1ccc(C(CC)(CC)c2ccc(OCCCC/C(N)=N/N)c(C)c2)cc1C)CC. The summed E-state index contributed by atoms with van der Waals surface area (Å²) >= 11 is 0. The van der Waals surface area contributed by atoms with Crippen LogP contribution in [0.2, 0.25) is 0 Å². The van der Waals surface area contributed by atoms with Gasteiger partial charge in [-0.25, -0.2) is 0 Å². The van der Waals surface area contributed by atoms with Gasteiger partial charge in [-0.1, -0.05) is 70.2 Å². The minimum atomic E-state index is -0.741. The maximum absolute atomic E-state index is 10.6. The Bertz CT molecular complexity index is 1030. The standard InChI is InChI=1S/C31H47N3O2/c1-7-30(35,8-2)19-18-25-14-15-26(21-23(25)5)31(9-3,10-4)27-16-17-28(24(6)22-27)36-20-12-11-13-29(32)34-33/h14-19,21-22,35H,7-13,20,33H2,1-6H3,(H2,32,34)/b19-18+. The molecular weight excluding hydrogens is 446 g/mol. The molecule has 2 aromatic carbocycles. The second-order valence-corrected chi connectivity index (χ2v) is 9.91. The number of hydrogen-bond donors (Lipinski definition) is 3. The minimum Gasteiger partial charge on any atom is -0.493 e. The molecular formula is C31H47N3O2. The quantitative estimate of drug-likeness (QED) is 0.0891. The molecule has 0 unspecified atom stereocenters. The highest BCUT2D eigenvalue weighted by Gasteiger charge is 2.31. The summed E-state index contributed by atoms with van der Waals surface area (Å²) in [4.78, 5) is 0. The van der Waals surface area contributed by atoms with Gasteiger partial charge in [-0.3, -0.25) is 0 Å². The summed E-state index contributed by atoms with van der Waals surface area (Å²) in [6.07, 6.45) is 9.95. The minimum absolute atomic E-state index is 0.0665. The third-order valence-corrected chi connectivity index (χ3v) is 7.81. The fraction of sp³-hybridized carbons (Fsp3) is 0.516. The van der Waals surface area contributed by atoms with Crippen molar-refractivity contribution in [3.05, 3.63) is 70.3 Å². The van der Waals surface area contributed by atoms with Gasteiger partial charge in [0.25, 0.3) is 0 Å². The number of amidine groups is 1. The molecule has 0 aromatic heterocycles. The molecule has 0 aliphatic rings. The smallest absolute Gasteiger partial charge is 0.122 e. The van der Waals surface area contributed by atoms with E-state index in [0.29, 0.717) is 31.7 Å². The van der Waals surface area contributed by atoms with E-state index >= 15 is 0 Å². The first-order valence-corrected chi connectivity index (χ1v) is 13.5. The van der Waals surface area contributed by atoms with Crippen LogP contribution in [0.25, 0.3) is 6.08 Å². The van der Waals surface area contributed by atoms with E-state index in [1.807, 2.05) is 19.9 Å². The lowest BCUT2D eigenvalue weighted by Gasteiger charge is -2.34. The summed E-state index contributed by atoms with van der Waals surface area (Å²) in [5.74, 6) is 6.59. The van der Waals surface area contributed by atoms with Gasteiger partial charge in [-0.05, 0) is 86.3 Å². The number of hydrogen-bond acceptors (Lipinski definition) is 4. The number of nitrogens with zero attached hydrogens (tertiary/aromatic N) is 1. The zero-order valence-electron chi connectivity index (χ0n) is 23.2. The molecule has 0 heterocycles.